The molecular weight excluding hydrogens is 1540 g/mol. The molecule has 0 aliphatic heterocycles. The minimum absolute atomic E-state index is 0. The van der Waals surface area contributed by atoms with Crippen molar-refractivity contribution in [3.8, 4) is 0 Å². The van der Waals surface area contributed by atoms with Crippen LogP contribution in [0.5, 0.6) is 0 Å². The average Bonchev–Trinajstić information content (AvgIpc) is 0.823. The summed E-state index contributed by atoms with van der Waals surface area (Å²) >= 11 is 0. The summed E-state index contributed by atoms with van der Waals surface area (Å²) < 4.78 is 41.7. The van der Waals surface area contributed by atoms with Gasteiger partial charge in [-0.1, -0.05) is 340 Å². The Kier molecular flexibility index (Phi) is 40.9. The molecule has 12 rings (SSSR count). The molecule has 0 amide bonds. The van der Waals surface area contributed by atoms with Gasteiger partial charge >= 0.3 is 34.1 Å². The number of benzene rings is 8. The number of nitrogens with zero attached hydrogens (tertiary/aromatic N) is 4. The van der Waals surface area contributed by atoms with Crippen LogP contribution in [0.3, 0.4) is 0 Å². The molecule has 30 heteroatoms. The van der Waals surface area contributed by atoms with Crippen molar-refractivity contribution in [2.45, 2.75) is 151 Å². The number of hydrogen-bond donors (Lipinski definition) is 12. The predicted octanol–water partition coefficient (Wildman–Crippen LogP) is 9.67. The summed E-state index contributed by atoms with van der Waals surface area (Å²) in [5.74, 6) is 0. The fourth-order valence-corrected chi connectivity index (χ4v) is 14.2. The predicted molar refractivity (Wildman–Crippen MR) is 395 cm³/mol. The van der Waals surface area contributed by atoms with E-state index in [0.717, 1.165) is 99.3 Å². The van der Waals surface area contributed by atoms with E-state index < -0.39 is 52.8 Å². The van der Waals surface area contributed by atoms with Crippen molar-refractivity contribution in [3.63, 3.8) is 0 Å². The standard InChI is InChI=1S/4C13H17NO2.4C6H7O3P.2Cu/c4*15-13(9-5-2-6-10-13)12(14-16)11-7-3-1-4-8-11;4*7-10(8,9)6-4-2-1-3-5-6;;/h4*1,3-4,7-8,15-16H,2,5-6,9-10H2;4*1-5H,(H2,7,8,9);;/q;;;;;;;;2*+2/p-4/b4*14-12+;;;;;;. The van der Waals surface area contributed by atoms with Crippen LogP contribution in [0.15, 0.2) is 263 Å². The zero-order valence-electron chi connectivity index (χ0n) is 58.0. The molecule has 0 spiro atoms. The number of oxime groups is 4. The molecule has 8 aromatic carbocycles. The molecule has 106 heavy (non-hydrogen) atoms. The van der Waals surface area contributed by atoms with E-state index in [-0.39, 0.29) is 55.4 Å². The van der Waals surface area contributed by atoms with Crippen molar-refractivity contribution in [1.29, 1.82) is 0 Å². The third kappa shape index (κ3) is 31.4. The van der Waals surface area contributed by atoms with Crippen LogP contribution in [0.25, 0.3) is 0 Å². The molecule has 4 unspecified atom stereocenters. The first-order valence-electron chi connectivity index (χ1n) is 33.9. The molecule has 0 saturated heterocycles. The zero-order valence-corrected chi connectivity index (χ0v) is 63.5. The smallest absolute Gasteiger partial charge is 0.775 e. The number of rotatable bonds is 12. The number of aliphatic hydroxyl groups is 4. The first-order valence-corrected chi connectivity index (χ1v) is 40.2. The Hall–Kier alpha value is -6.88. The van der Waals surface area contributed by atoms with Gasteiger partial charge in [0.1, 0.15) is 45.3 Å². The molecule has 0 aromatic heterocycles. The first-order chi connectivity index (χ1) is 49.5. The SMILES string of the molecule is O/N=C(\c1ccccc1)C1(O)CCCCC1.O/N=C(\c1ccccc1)C1(O)CCCCC1.O/N=C(\c1ccccc1)C1(O)CCCCC1.O/N=C(\c1ccccc1)C1(O)CCCCC1.O=P([O-])(O)c1ccccc1.O=P([O-])(O)c1ccccc1.O=P([O-])(O)c1ccccc1.O=P([O-])(O)c1ccccc1.[Cu+2].[Cu+2]. The molecule has 4 fully saturated rings. The molecular formula is C76H92Cu2N4O20P4. The Bertz CT molecular complexity index is 3550. The molecule has 0 bridgehead atoms. The van der Waals surface area contributed by atoms with Gasteiger partial charge in [-0.25, -0.2) is 0 Å². The van der Waals surface area contributed by atoms with Gasteiger partial charge in [-0.15, -0.1) is 0 Å². The molecule has 0 heterocycles. The summed E-state index contributed by atoms with van der Waals surface area (Å²) in [7, 11) is -17.1. The van der Waals surface area contributed by atoms with Gasteiger partial charge in [-0.05, 0) is 51.4 Å². The summed E-state index contributed by atoms with van der Waals surface area (Å²) in [6, 6.07) is 67.4. The summed E-state index contributed by atoms with van der Waals surface area (Å²) in [6.45, 7) is 0. The second-order valence-corrected chi connectivity index (χ2v) is 31.3. The quantitative estimate of drug-likeness (QED) is 0.0178. The van der Waals surface area contributed by atoms with Gasteiger partial charge in [0.25, 0.3) is 0 Å². The van der Waals surface area contributed by atoms with Crippen LogP contribution < -0.4 is 40.8 Å². The topological polar surface area (TPSA) is 453 Å². The largest absolute Gasteiger partial charge is 2.00 e. The summed E-state index contributed by atoms with van der Waals surface area (Å²) in [5, 5.41) is 91.6. The van der Waals surface area contributed by atoms with Crippen molar-refractivity contribution in [2.75, 3.05) is 0 Å². The van der Waals surface area contributed by atoms with Crippen LogP contribution in [0.4, 0.5) is 0 Å². The zero-order chi connectivity index (χ0) is 76.2. The van der Waals surface area contributed by atoms with Gasteiger partial charge in [0.15, 0.2) is 30.4 Å². The first kappa shape index (κ1) is 93.3. The Labute approximate surface area is 639 Å². The van der Waals surface area contributed by atoms with E-state index >= 15 is 0 Å². The molecule has 4 aliphatic rings. The molecule has 24 nitrogen and oxygen atoms in total. The van der Waals surface area contributed by atoms with E-state index in [1.54, 1.807) is 72.8 Å². The van der Waals surface area contributed by atoms with Crippen LogP contribution in [-0.4, -0.2) is 106 Å². The van der Waals surface area contributed by atoms with Crippen molar-refractivity contribution in [2.24, 2.45) is 20.6 Å². The molecule has 578 valence electrons. The maximum Gasteiger partial charge on any atom is 2.00 e. The van der Waals surface area contributed by atoms with E-state index in [1.165, 1.54) is 48.5 Å². The molecule has 12 N–H and O–H groups in total. The van der Waals surface area contributed by atoms with Gasteiger partial charge in [0, 0.05) is 43.5 Å². The fourth-order valence-electron chi connectivity index (χ4n) is 12.0. The second kappa shape index (κ2) is 46.5. The Balaban J connectivity index is 0.000000316. The van der Waals surface area contributed by atoms with Gasteiger partial charge in [0.05, 0.1) is 0 Å². The third-order valence-electron chi connectivity index (χ3n) is 17.4. The van der Waals surface area contributed by atoms with Crippen LogP contribution in [0.2, 0.25) is 0 Å². The maximum atomic E-state index is 10.5. The fraction of sp³-hybridized carbons (Fsp3) is 0.316. The van der Waals surface area contributed by atoms with Crippen molar-refractivity contribution in [3.05, 3.63) is 265 Å². The molecule has 4 aliphatic carbocycles. The van der Waals surface area contributed by atoms with Crippen LogP contribution in [0.1, 0.15) is 151 Å². The van der Waals surface area contributed by atoms with Crippen molar-refractivity contribution < 1.29 is 133 Å². The van der Waals surface area contributed by atoms with Crippen LogP contribution >= 0.6 is 30.4 Å². The van der Waals surface area contributed by atoms with Gasteiger partial charge < -0.3 is 98.7 Å². The molecule has 2 radical (unpaired) electrons. The van der Waals surface area contributed by atoms with E-state index in [2.05, 4.69) is 20.6 Å². The maximum absolute atomic E-state index is 10.5. The van der Waals surface area contributed by atoms with E-state index in [1.807, 2.05) is 121 Å². The molecule has 4 atom stereocenters. The van der Waals surface area contributed by atoms with E-state index in [0.29, 0.717) is 74.2 Å². The summed E-state index contributed by atoms with van der Waals surface area (Å²) in [6.07, 6.45) is 18.0. The van der Waals surface area contributed by atoms with Gasteiger partial charge in [-0.3, -0.25) is 0 Å². The van der Waals surface area contributed by atoms with Gasteiger partial charge in [0.2, 0.25) is 0 Å². The minimum Gasteiger partial charge on any atom is -0.775 e. The van der Waals surface area contributed by atoms with Crippen molar-refractivity contribution >= 4 is 74.4 Å². The summed E-state index contributed by atoms with van der Waals surface area (Å²) in [5.41, 5.74) is 1.04. The van der Waals surface area contributed by atoms with Crippen molar-refractivity contribution in [1.82, 2.24) is 0 Å². The Morgan fingerprint density at radius 1 is 0.245 bits per heavy atom. The third-order valence-corrected chi connectivity index (χ3v) is 21.2. The molecule has 4 saturated carbocycles. The minimum atomic E-state index is -4.27. The molecule has 8 aromatic rings. The monoisotopic (exact) mass is 1630 g/mol. The summed E-state index contributed by atoms with van der Waals surface area (Å²) in [4.78, 5) is 75.6. The Morgan fingerprint density at radius 2 is 0.368 bits per heavy atom. The normalized spacial score (nSPS) is 18.6. The second-order valence-electron chi connectivity index (χ2n) is 25.1. The van der Waals surface area contributed by atoms with Crippen LogP contribution in [0, 0.1) is 0 Å². The van der Waals surface area contributed by atoms with Crippen LogP contribution in [-0.2, 0) is 52.4 Å². The van der Waals surface area contributed by atoms with E-state index in [4.69, 9.17) is 40.4 Å². The van der Waals surface area contributed by atoms with E-state index in [9.17, 15) is 58.3 Å². The van der Waals surface area contributed by atoms with Gasteiger partial charge in [-0.2, -0.15) is 0 Å². The number of hydrogen-bond acceptors (Lipinski definition) is 20. The Morgan fingerprint density at radius 3 is 0.472 bits per heavy atom. The average molecular weight is 1630 g/mol.